The molecule has 2 atom stereocenters. The van der Waals surface area contributed by atoms with Gasteiger partial charge in [0.05, 0.1) is 11.6 Å². The summed E-state index contributed by atoms with van der Waals surface area (Å²) in [5.74, 6) is 11.5. The fourth-order valence-corrected chi connectivity index (χ4v) is 1.98. The summed E-state index contributed by atoms with van der Waals surface area (Å²) in [6.07, 6.45) is 4.05. The minimum atomic E-state index is -0.0931. The molecule has 0 aromatic heterocycles. The second-order valence-corrected chi connectivity index (χ2v) is 3.95. The molecule has 80 valence electrons. The zero-order valence-electron chi connectivity index (χ0n) is 9.10. The van der Waals surface area contributed by atoms with Gasteiger partial charge in [-0.05, 0) is 33.1 Å². The first-order valence-electron chi connectivity index (χ1n) is 5.22. The Labute approximate surface area is 86.4 Å². The first-order valence-corrected chi connectivity index (χ1v) is 5.22. The topological polar surface area (TPSA) is 47.3 Å². The van der Waals surface area contributed by atoms with Crippen LogP contribution >= 0.6 is 0 Å². The maximum atomic E-state index is 5.73. The Hall–Kier alpha value is -0.560. The molecule has 0 saturated carbocycles. The summed E-state index contributed by atoms with van der Waals surface area (Å²) in [6, 6.07) is 0.214. The Morgan fingerprint density at radius 2 is 2.43 bits per heavy atom. The summed E-state index contributed by atoms with van der Waals surface area (Å²) in [5.41, 5.74) is 2.76. The average molecular weight is 196 g/mol. The van der Waals surface area contributed by atoms with Crippen molar-refractivity contribution in [3.8, 4) is 11.8 Å². The number of hydrogen-bond acceptors (Lipinski definition) is 3. The highest BCUT2D eigenvalue weighted by atomic mass is 16.5. The van der Waals surface area contributed by atoms with Gasteiger partial charge in [0.1, 0.15) is 0 Å². The maximum absolute atomic E-state index is 5.73. The number of hydrazine groups is 1. The zero-order valence-corrected chi connectivity index (χ0v) is 9.10. The van der Waals surface area contributed by atoms with Gasteiger partial charge < -0.3 is 4.74 Å². The van der Waals surface area contributed by atoms with Crippen molar-refractivity contribution in [1.29, 1.82) is 0 Å². The number of ether oxygens (including phenoxy) is 1. The molecule has 1 saturated heterocycles. The minimum absolute atomic E-state index is 0.0931. The molecule has 1 fully saturated rings. The van der Waals surface area contributed by atoms with Crippen LogP contribution in [0.3, 0.4) is 0 Å². The molecule has 3 heteroatoms. The highest BCUT2D eigenvalue weighted by Gasteiger charge is 2.37. The Morgan fingerprint density at radius 3 is 2.93 bits per heavy atom. The summed E-state index contributed by atoms with van der Waals surface area (Å²) < 4.78 is 5.73. The molecule has 0 amide bonds. The molecule has 1 heterocycles. The lowest BCUT2D eigenvalue weighted by Crippen LogP contribution is -2.51. The van der Waals surface area contributed by atoms with E-state index in [1.54, 1.807) is 0 Å². The molecule has 0 aromatic rings. The van der Waals surface area contributed by atoms with Crippen LogP contribution in [0.4, 0.5) is 0 Å². The molecule has 1 aliphatic rings. The molecule has 0 aromatic carbocycles. The Balaban J connectivity index is 2.46. The SMILES string of the molecule is CC#CCCC(NN)C1(C)CCCO1. The Kier molecular flexibility index (Phi) is 4.40. The van der Waals surface area contributed by atoms with Crippen molar-refractivity contribution in [3.63, 3.8) is 0 Å². The van der Waals surface area contributed by atoms with E-state index < -0.39 is 0 Å². The van der Waals surface area contributed by atoms with Gasteiger partial charge in [0.15, 0.2) is 0 Å². The van der Waals surface area contributed by atoms with Gasteiger partial charge in [-0.3, -0.25) is 11.3 Å². The van der Waals surface area contributed by atoms with Crippen LogP contribution in [0.25, 0.3) is 0 Å². The van der Waals surface area contributed by atoms with Gasteiger partial charge in [-0.1, -0.05) is 0 Å². The normalized spacial score (nSPS) is 28.2. The fraction of sp³-hybridized carbons (Fsp3) is 0.818. The van der Waals surface area contributed by atoms with E-state index >= 15 is 0 Å². The van der Waals surface area contributed by atoms with Crippen LogP contribution in [0.2, 0.25) is 0 Å². The van der Waals surface area contributed by atoms with Crippen LogP contribution in [0.1, 0.15) is 39.5 Å². The molecule has 3 nitrogen and oxygen atoms in total. The first-order chi connectivity index (χ1) is 6.73. The van der Waals surface area contributed by atoms with Gasteiger partial charge in [0.25, 0.3) is 0 Å². The van der Waals surface area contributed by atoms with E-state index in [1.165, 1.54) is 0 Å². The predicted molar refractivity (Wildman–Crippen MR) is 57.4 cm³/mol. The van der Waals surface area contributed by atoms with Crippen LogP contribution in [-0.4, -0.2) is 18.2 Å². The molecule has 0 spiro atoms. The minimum Gasteiger partial charge on any atom is -0.374 e. The number of nitrogens with two attached hydrogens (primary N) is 1. The van der Waals surface area contributed by atoms with E-state index in [-0.39, 0.29) is 11.6 Å². The van der Waals surface area contributed by atoms with Crippen molar-refractivity contribution in [1.82, 2.24) is 5.43 Å². The van der Waals surface area contributed by atoms with Gasteiger partial charge >= 0.3 is 0 Å². The van der Waals surface area contributed by atoms with Crippen LogP contribution in [-0.2, 0) is 4.74 Å². The predicted octanol–water partition coefficient (Wildman–Crippen LogP) is 1.19. The van der Waals surface area contributed by atoms with E-state index in [1.807, 2.05) is 6.92 Å². The maximum Gasteiger partial charge on any atom is 0.0821 e. The summed E-state index contributed by atoms with van der Waals surface area (Å²) in [7, 11) is 0. The van der Waals surface area contributed by atoms with Crippen LogP contribution in [0.15, 0.2) is 0 Å². The van der Waals surface area contributed by atoms with E-state index in [2.05, 4.69) is 24.2 Å². The molecular weight excluding hydrogens is 176 g/mol. The van der Waals surface area contributed by atoms with Crippen molar-refractivity contribution in [2.75, 3.05) is 6.61 Å². The highest BCUT2D eigenvalue weighted by Crippen LogP contribution is 2.30. The molecule has 1 rings (SSSR count). The average Bonchev–Trinajstić information content (AvgIpc) is 2.61. The molecule has 0 bridgehead atoms. The standard InChI is InChI=1S/C11H20N2O/c1-3-4-5-7-10(13-12)11(2)8-6-9-14-11/h10,13H,5-9,12H2,1-2H3. The summed E-state index contributed by atoms with van der Waals surface area (Å²) in [6.45, 7) is 4.84. The lowest BCUT2D eigenvalue weighted by molar-refractivity contribution is -0.0134. The Morgan fingerprint density at radius 1 is 1.64 bits per heavy atom. The van der Waals surface area contributed by atoms with E-state index in [4.69, 9.17) is 10.6 Å². The zero-order chi connectivity index (χ0) is 10.4. The number of hydrogen-bond donors (Lipinski definition) is 2. The van der Waals surface area contributed by atoms with Crippen molar-refractivity contribution >= 4 is 0 Å². The quantitative estimate of drug-likeness (QED) is 0.403. The fourth-order valence-electron chi connectivity index (χ4n) is 1.98. The second kappa shape index (κ2) is 5.35. The van der Waals surface area contributed by atoms with E-state index in [0.29, 0.717) is 0 Å². The van der Waals surface area contributed by atoms with E-state index in [0.717, 1.165) is 32.3 Å². The van der Waals surface area contributed by atoms with Crippen molar-refractivity contribution in [2.24, 2.45) is 5.84 Å². The third-order valence-electron chi connectivity index (χ3n) is 2.92. The van der Waals surface area contributed by atoms with Gasteiger partial charge in [0, 0.05) is 13.0 Å². The van der Waals surface area contributed by atoms with Gasteiger partial charge in [-0.15, -0.1) is 11.8 Å². The molecule has 14 heavy (non-hydrogen) atoms. The van der Waals surface area contributed by atoms with Crippen molar-refractivity contribution in [3.05, 3.63) is 0 Å². The van der Waals surface area contributed by atoms with Crippen molar-refractivity contribution < 1.29 is 4.74 Å². The molecular formula is C11H20N2O. The third kappa shape index (κ3) is 2.71. The number of rotatable bonds is 4. The lowest BCUT2D eigenvalue weighted by Gasteiger charge is -2.32. The molecule has 3 N–H and O–H groups in total. The summed E-state index contributed by atoms with van der Waals surface area (Å²) in [5, 5.41) is 0. The monoisotopic (exact) mass is 196 g/mol. The highest BCUT2D eigenvalue weighted by molar-refractivity contribution is 4.98. The largest absolute Gasteiger partial charge is 0.374 e. The molecule has 0 radical (unpaired) electrons. The van der Waals surface area contributed by atoms with Gasteiger partial charge in [-0.2, -0.15) is 0 Å². The van der Waals surface area contributed by atoms with Crippen LogP contribution < -0.4 is 11.3 Å². The van der Waals surface area contributed by atoms with E-state index in [9.17, 15) is 0 Å². The third-order valence-corrected chi connectivity index (χ3v) is 2.92. The first kappa shape index (κ1) is 11.5. The van der Waals surface area contributed by atoms with Crippen molar-refractivity contribution in [2.45, 2.75) is 51.2 Å². The lowest BCUT2D eigenvalue weighted by atomic mass is 9.90. The molecule has 2 unspecified atom stereocenters. The summed E-state index contributed by atoms with van der Waals surface area (Å²) in [4.78, 5) is 0. The van der Waals surface area contributed by atoms with Gasteiger partial charge in [0.2, 0.25) is 0 Å². The van der Waals surface area contributed by atoms with Crippen LogP contribution in [0, 0.1) is 11.8 Å². The van der Waals surface area contributed by atoms with Crippen LogP contribution in [0.5, 0.6) is 0 Å². The number of nitrogens with one attached hydrogen (secondary N) is 1. The summed E-state index contributed by atoms with van der Waals surface area (Å²) >= 11 is 0. The second-order valence-electron chi connectivity index (χ2n) is 3.95. The Bertz CT molecular complexity index is 223. The van der Waals surface area contributed by atoms with Gasteiger partial charge in [-0.25, -0.2) is 0 Å². The molecule has 1 aliphatic heterocycles. The smallest absolute Gasteiger partial charge is 0.0821 e. The molecule has 0 aliphatic carbocycles.